The van der Waals surface area contributed by atoms with Crippen LogP contribution in [0.5, 0.6) is 0 Å². The van der Waals surface area contributed by atoms with Crippen LogP contribution in [0.4, 0.5) is 0 Å². The van der Waals surface area contributed by atoms with Gasteiger partial charge in [0.2, 0.25) is 5.71 Å². The van der Waals surface area contributed by atoms with Crippen LogP contribution in [0.3, 0.4) is 0 Å². The summed E-state index contributed by atoms with van der Waals surface area (Å²) < 4.78 is 19.9. The molecule has 1 radical (unpaired) electrons. The number of benzene rings is 5. The Hall–Kier alpha value is -4.66. The molecule has 8 rings (SSSR count). The molecule has 5 aromatic carbocycles. The largest absolute Gasteiger partial charge is 0.486 e. The van der Waals surface area contributed by atoms with Crippen LogP contribution in [-0.2, 0) is 24.7 Å². The van der Waals surface area contributed by atoms with Crippen molar-refractivity contribution in [3.8, 4) is 11.3 Å². The van der Waals surface area contributed by atoms with Gasteiger partial charge < -0.3 is 14.0 Å². The molecule has 0 fully saturated rings. The second-order valence-corrected chi connectivity index (χ2v) is 14.6. The SMILES string of the molecule is Cc1ccc2c(n1)oc1c(-c3nccc4cc(C(C)C)ccc34)[c-]ccc12.O=P(c1[c-]cccc1)(c1ccccc1)c1ccccc1.[Ir]. The molecule has 0 atom stereocenters. The maximum atomic E-state index is 13.8. The van der Waals surface area contributed by atoms with Gasteiger partial charge in [0.1, 0.15) is 7.14 Å². The van der Waals surface area contributed by atoms with Gasteiger partial charge in [0.15, 0.2) is 0 Å². The zero-order valence-electron chi connectivity index (χ0n) is 26.8. The maximum Gasteiger partial charge on any atom is 0.216 e. The number of aromatic nitrogens is 2. The van der Waals surface area contributed by atoms with Gasteiger partial charge in [-0.1, -0.05) is 109 Å². The van der Waals surface area contributed by atoms with Crippen molar-refractivity contribution in [2.45, 2.75) is 26.7 Å². The van der Waals surface area contributed by atoms with Crippen molar-refractivity contribution >= 4 is 55.9 Å². The average Bonchev–Trinajstić information content (AvgIpc) is 3.50. The normalized spacial score (nSPS) is 11.3. The molecule has 0 aliphatic rings. The van der Waals surface area contributed by atoms with E-state index in [0.717, 1.165) is 54.6 Å². The number of fused-ring (bicyclic) bond motifs is 4. The Morgan fingerprint density at radius 1 is 0.708 bits per heavy atom. The standard InChI is InChI=1S/C24H19N2O.C18H14OP.Ir/c1-14(2)16-8-10-18-17(13-16)11-12-25-22(18)21-6-4-5-19-20-9-7-15(3)26-24(20)27-23(19)21;19-20(16-10-4-1-5-11-16,17-12-6-2-7-13-17)18-14-8-3-9-15-18;/h4-5,7-14H,1-3H3;1-14H;/q2*-1;. The van der Waals surface area contributed by atoms with Gasteiger partial charge in [-0.25, -0.2) is 4.98 Å². The molecule has 0 spiro atoms. The second-order valence-electron chi connectivity index (χ2n) is 11.8. The van der Waals surface area contributed by atoms with Crippen LogP contribution in [0.2, 0.25) is 0 Å². The fourth-order valence-electron chi connectivity index (χ4n) is 5.93. The first kappa shape index (κ1) is 33.2. The van der Waals surface area contributed by atoms with Crippen molar-refractivity contribution in [2.75, 3.05) is 0 Å². The summed E-state index contributed by atoms with van der Waals surface area (Å²) in [6, 6.07) is 50.0. The average molecular weight is 821 g/mol. The molecular weight excluding hydrogens is 788 g/mol. The Bertz CT molecular complexity index is 2270. The summed E-state index contributed by atoms with van der Waals surface area (Å²) in [6.07, 6.45) is 1.86. The van der Waals surface area contributed by atoms with Crippen molar-refractivity contribution in [3.05, 3.63) is 163 Å². The molecule has 0 unspecified atom stereocenters. The van der Waals surface area contributed by atoms with E-state index in [1.807, 2.05) is 116 Å². The molecule has 0 aliphatic carbocycles. The third kappa shape index (κ3) is 6.30. The molecule has 8 aromatic rings. The van der Waals surface area contributed by atoms with Crippen LogP contribution in [0, 0.1) is 19.1 Å². The monoisotopic (exact) mass is 821 g/mol. The fraction of sp³-hybridized carbons (Fsp3) is 0.0952. The fourth-order valence-corrected chi connectivity index (χ4v) is 8.52. The number of aryl methyl sites for hydroxylation is 1. The molecular formula is C42H33IrN2O2P-2. The molecule has 239 valence electrons. The van der Waals surface area contributed by atoms with Gasteiger partial charge in [0.25, 0.3) is 0 Å². The van der Waals surface area contributed by atoms with Crippen LogP contribution >= 0.6 is 7.14 Å². The molecule has 3 heterocycles. The molecule has 0 N–H and O–H groups in total. The van der Waals surface area contributed by atoms with Crippen LogP contribution in [0.25, 0.3) is 44.1 Å². The third-order valence-corrected chi connectivity index (χ3v) is 11.4. The van der Waals surface area contributed by atoms with Crippen LogP contribution in [-0.4, -0.2) is 9.97 Å². The van der Waals surface area contributed by atoms with Crippen LogP contribution < -0.4 is 15.9 Å². The number of nitrogens with zero attached hydrogens (tertiary/aromatic N) is 2. The predicted molar refractivity (Wildman–Crippen MR) is 195 cm³/mol. The Morgan fingerprint density at radius 2 is 1.40 bits per heavy atom. The van der Waals surface area contributed by atoms with Gasteiger partial charge in [-0.3, -0.25) is 0 Å². The van der Waals surface area contributed by atoms with E-state index in [1.165, 1.54) is 10.9 Å². The predicted octanol–water partition coefficient (Wildman–Crippen LogP) is 9.55. The molecule has 0 bridgehead atoms. The number of hydrogen-bond acceptors (Lipinski definition) is 4. The smallest absolute Gasteiger partial charge is 0.216 e. The third-order valence-electron chi connectivity index (χ3n) is 8.40. The molecule has 48 heavy (non-hydrogen) atoms. The summed E-state index contributed by atoms with van der Waals surface area (Å²) in [4.78, 5) is 9.22. The van der Waals surface area contributed by atoms with Crippen LogP contribution in [0.15, 0.2) is 144 Å². The van der Waals surface area contributed by atoms with Gasteiger partial charge in [-0.15, -0.1) is 18.2 Å². The number of pyridine rings is 2. The molecule has 0 saturated carbocycles. The topological polar surface area (TPSA) is 56.0 Å². The molecule has 0 aliphatic heterocycles. The van der Waals surface area contributed by atoms with Gasteiger partial charge in [-0.2, -0.15) is 30.3 Å². The van der Waals surface area contributed by atoms with E-state index in [1.54, 1.807) is 0 Å². The van der Waals surface area contributed by atoms with Crippen LogP contribution in [0.1, 0.15) is 31.0 Å². The molecule has 6 heteroatoms. The van der Waals surface area contributed by atoms with Gasteiger partial charge in [0.05, 0.1) is 5.58 Å². The number of furan rings is 1. The minimum Gasteiger partial charge on any atom is -0.486 e. The Balaban J connectivity index is 0.000000171. The summed E-state index contributed by atoms with van der Waals surface area (Å²) >= 11 is 0. The van der Waals surface area contributed by atoms with Crippen molar-refractivity contribution in [2.24, 2.45) is 0 Å². The van der Waals surface area contributed by atoms with E-state index in [2.05, 4.69) is 66.3 Å². The minimum absolute atomic E-state index is 0. The Kier molecular flexibility index (Phi) is 9.85. The first-order valence-corrected chi connectivity index (χ1v) is 17.4. The van der Waals surface area contributed by atoms with Crippen molar-refractivity contribution in [1.29, 1.82) is 0 Å². The summed E-state index contributed by atoms with van der Waals surface area (Å²) in [5, 5.41) is 6.79. The first-order chi connectivity index (χ1) is 22.9. The summed E-state index contributed by atoms with van der Waals surface area (Å²) in [5.41, 5.74) is 5.49. The first-order valence-electron chi connectivity index (χ1n) is 15.7. The number of hydrogen-bond donors (Lipinski definition) is 0. The number of rotatable bonds is 5. The zero-order chi connectivity index (χ0) is 32.4. The molecule has 0 saturated heterocycles. The maximum absolute atomic E-state index is 13.8. The summed E-state index contributed by atoms with van der Waals surface area (Å²) in [7, 11) is -2.83. The van der Waals surface area contributed by atoms with Crippen molar-refractivity contribution in [3.63, 3.8) is 0 Å². The molecule has 0 amide bonds. The zero-order valence-corrected chi connectivity index (χ0v) is 30.1. The second kappa shape index (κ2) is 14.2. The van der Waals surface area contributed by atoms with E-state index in [0.29, 0.717) is 11.6 Å². The summed E-state index contributed by atoms with van der Waals surface area (Å²) in [6.45, 7) is 6.39. The van der Waals surface area contributed by atoms with E-state index in [4.69, 9.17) is 4.42 Å². The molecule has 3 aromatic heterocycles. The van der Waals surface area contributed by atoms with Gasteiger partial charge in [0, 0.05) is 48.0 Å². The van der Waals surface area contributed by atoms with E-state index in [-0.39, 0.29) is 20.1 Å². The minimum atomic E-state index is -2.83. The van der Waals surface area contributed by atoms with Gasteiger partial charge in [-0.05, 0) is 53.1 Å². The Labute approximate surface area is 294 Å². The quantitative estimate of drug-likeness (QED) is 0.128. The Morgan fingerprint density at radius 3 is 2.06 bits per heavy atom. The van der Waals surface area contributed by atoms with Gasteiger partial charge >= 0.3 is 0 Å². The van der Waals surface area contributed by atoms with Crippen molar-refractivity contribution in [1.82, 2.24) is 9.97 Å². The molecule has 4 nitrogen and oxygen atoms in total. The van der Waals surface area contributed by atoms with E-state index >= 15 is 0 Å². The van der Waals surface area contributed by atoms with Crippen molar-refractivity contribution < 1.29 is 29.1 Å². The summed E-state index contributed by atoms with van der Waals surface area (Å²) in [5.74, 6) is 0.491. The van der Waals surface area contributed by atoms with E-state index in [9.17, 15) is 4.57 Å². The van der Waals surface area contributed by atoms with E-state index < -0.39 is 7.14 Å².